The summed E-state index contributed by atoms with van der Waals surface area (Å²) in [5, 5.41) is 1.89. The van der Waals surface area contributed by atoms with Crippen molar-refractivity contribution in [2.45, 2.75) is 6.92 Å². The van der Waals surface area contributed by atoms with E-state index >= 15 is 0 Å². The van der Waals surface area contributed by atoms with Gasteiger partial charge in [-0.05, 0) is 18.4 Å². The molecule has 3 heteroatoms. The fraction of sp³-hybridized carbons (Fsp3) is 0.167. The van der Waals surface area contributed by atoms with E-state index in [1.165, 1.54) is 6.08 Å². The van der Waals surface area contributed by atoms with E-state index < -0.39 is 0 Å². The summed E-state index contributed by atoms with van der Waals surface area (Å²) in [4.78, 5) is 14.3. The van der Waals surface area contributed by atoms with Gasteiger partial charge in [-0.15, -0.1) is 11.3 Å². The largest absolute Gasteiger partial charge is 0.240 e. The molecule has 2 nitrogen and oxygen atoms in total. The van der Waals surface area contributed by atoms with Gasteiger partial charge < -0.3 is 0 Å². The predicted octanol–water partition coefficient (Wildman–Crippen LogP) is 2.02. The van der Waals surface area contributed by atoms with Crippen molar-refractivity contribution in [3.63, 3.8) is 0 Å². The van der Waals surface area contributed by atoms with Crippen LogP contribution in [0.1, 0.15) is 4.88 Å². The van der Waals surface area contributed by atoms with Crippen molar-refractivity contribution in [3.8, 4) is 0 Å². The standard InChI is InChI=1S/C6H5NOS/c1-5-6(7-4-8)2-3-9-5/h2-3H,1H3. The molecule has 1 aromatic rings. The Bertz CT molecular complexity index is 247. The van der Waals surface area contributed by atoms with Crippen molar-refractivity contribution in [2.75, 3.05) is 0 Å². The lowest BCUT2D eigenvalue weighted by Crippen LogP contribution is -1.57. The summed E-state index contributed by atoms with van der Waals surface area (Å²) in [6, 6.07) is 1.80. The van der Waals surface area contributed by atoms with E-state index in [4.69, 9.17) is 0 Å². The number of thiophene rings is 1. The highest BCUT2D eigenvalue weighted by Gasteiger charge is 1.93. The number of hydrogen-bond acceptors (Lipinski definition) is 3. The highest BCUT2D eigenvalue weighted by atomic mass is 32.1. The first kappa shape index (κ1) is 6.20. The number of hydrogen-bond donors (Lipinski definition) is 0. The lowest BCUT2D eigenvalue weighted by molar-refractivity contribution is 0.565. The molecule has 9 heavy (non-hydrogen) atoms. The molecular formula is C6H5NOS. The summed E-state index contributed by atoms with van der Waals surface area (Å²) in [7, 11) is 0. The van der Waals surface area contributed by atoms with E-state index in [9.17, 15) is 4.79 Å². The number of isocyanates is 1. The van der Waals surface area contributed by atoms with Crippen molar-refractivity contribution in [1.29, 1.82) is 0 Å². The van der Waals surface area contributed by atoms with E-state index in [-0.39, 0.29) is 0 Å². The van der Waals surface area contributed by atoms with Crippen molar-refractivity contribution in [2.24, 2.45) is 4.99 Å². The molecule has 0 saturated heterocycles. The van der Waals surface area contributed by atoms with Crippen LogP contribution in [-0.2, 0) is 4.79 Å². The van der Waals surface area contributed by atoms with Crippen molar-refractivity contribution < 1.29 is 4.79 Å². The highest BCUT2D eigenvalue weighted by Crippen LogP contribution is 2.22. The lowest BCUT2D eigenvalue weighted by atomic mass is 10.4. The second-order valence-electron chi connectivity index (χ2n) is 1.57. The first-order valence-corrected chi connectivity index (χ1v) is 3.34. The van der Waals surface area contributed by atoms with Crippen LogP contribution in [0.4, 0.5) is 5.69 Å². The molecule has 0 unspecified atom stereocenters. The third-order valence-electron chi connectivity index (χ3n) is 0.998. The number of aliphatic imine (C=N–C) groups is 1. The molecule has 1 heterocycles. The van der Waals surface area contributed by atoms with Gasteiger partial charge in [0.15, 0.2) is 0 Å². The van der Waals surface area contributed by atoms with E-state index in [0.29, 0.717) is 0 Å². The van der Waals surface area contributed by atoms with Crippen LogP contribution < -0.4 is 0 Å². The predicted molar refractivity (Wildman–Crippen MR) is 36.8 cm³/mol. The Morgan fingerprint density at radius 2 is 2.56 bits per heavy atom. The van der Waals surface area contributed by atoms with E-state index in [0.717, 1.165) is 10.6 Å². The van der Waals surface area contributed by atoms with Crippen LogP contribution in [-0.4, -0.2) is 6.08 Å². The molecule has 0 radical (unpaired) electrons. The molecule has 0 aromatic carbocycles. The minimum absolute atomic E-state index is 0.731. The molecule has 0 atom stereocenters. The number of rotatable bonds is 1. The molecule has 0 aliphatic rings. The molecule has 0 aliphatic carbocycles. The summed E-state index contributed by atoms with van der Waals surface area (Å²) in [5.41, 5.74) is 0.731. The molecule has 0 saturated carbocycles. The minimum atomic E-state index is 0.731. The number of aryl methyl sites for hydroxylation is 1. The number of nitrogens with zero attached hydrogens (tertiary/aromatic N) is 1. The first-order chi connectivity index (χ1) is 4.34. The Morgan fingerprint density at radius 1 is 1.78 bits per heavy atom. The lowest BCUT2D eigenvalue weighted by Gasteiger charge is -1.80. The fourth-order valence-corrected chi connectivity index (χ4v) is 1.18. The van der Waals surface area contributed by atoms with Crippen LogP contribution in [0.5, 0.6) is 0 Å². The Morgan fingerprint density at radius 3 is 3.00 bits per heavy atom. The van der Waals surface area contributed by atoms with Gasteiger partial charge >= 0.3 is 0 Å². The molecule has 0 aliphatic heterocycles. The van der Waals surface area contributed by atoms with Crippen molar-refractivity contribution in [1.82, 2.24) is 0 Å². The third kappa shape index (κ3) is 1.25. The van der Waals surface area contributed by atoms with Crippen molar-refractivity contribution >= 4 is 23.1 Å². The Kier molecular flexibility index (Phi) is 1.78. The second kappa shape index (κ2) is 2.58. The smallest absolute Gasteiger partial charge is 0.211 e. The van der Waals surface area contributed by atoms with Crippen LogP contribution in [0.15, 0.2) is 16.4 Å². The normalized spacial score (nSPS) is 8.56. The second-order valence-corrected chi connectivity index (χ2v) is 2.69. The van der Waals surface area contributed by atoms with Gasteiger partial charge in [0.1, 0.15) is 0 Å². The van der Waals surface area contributed by atoms with Crippen LogP contribution in [0.25, 0.3) is 0 Å². The average Bonchev–Trinajstić information content (AvgIpc) is 2.18. The number of carbonyl (C=O) groups excluding carboxylic acids is 1. The Balaban J connectivity index is 3.07. The maximum absolute atomic E-state index is 9.74. The van der Waals surface area contributed by atoms with Crippen LogP contribution in [0, 0.1) is 6.92 Å². The molecule has 0 amide bonds. The van der Waals surface area contributed by atoms with Gasteiger partial charge in [-0.2, -0.15) is 4.99 Å². The van der Waals surface area contributed by atoms with Crippen LogP contribution in [0.2, 0.25) is 0 Å². The molecule has 46 valence electrons. The topological polar surface area (TPSA) is 29.4 Å². The Hall–Kier alpha value is -0.920. The zero-order chi connectivity index (χ0) is 6.69. The van der Waals surface area contributed by atoms with Gasteiger partial charge in [-0.3, -0.25) is 0 Å². The van der Waals surface area contributed by atoms with Gasteiger partial charge in [0.25, 0.3) is 0 Å². The van der Waals surface area contributed by atoms with Crippen LogP contribution >= 0.6 is 11.3 Å². The van der Waals surface area contributed by atoms with E-state index in [2.05, 4.69) is 4.99 Å². The monoisotopic (exact) mass is 139 g/mol. The zero-order valence-corrected chi connectivity index (χ0v) is 5.73. The van der Waals surface area contributed by atoms with Gasteiger partial charge in [-0.25, -0.2) is 4.79 Å². The quantitative estimate of drug-likeness (QED) is 0.432. The maximum atomic E-state index is 9.74. The molecule has 1 aromatic heterocycles. The van der Waals surface area contributed by atoms with Crippen molar-refractivity contribution in [3.05, 3.63) is 16.3 Å². The Labute approximate surface area is 56.9 Å². The summed E-state index contributed by atoms with van der Waals surface area (Å²) in [5.74, 6) is 0. The maximum Gasteiger partial charge on any atom is 0.240 e. The summed E-state index contributed by atoms with van der Waals surface area (Å²) in [6.07, 6.45) is 1.49. The SMILES string of the molecule is Cc1sccc1N=C=O. The summed E-state index contributed by atoms with van der Waals surface area (Å²) < 4.78 is 0. The van der Waals surface area contributed by atoms with Gasteiger partial charge in [0.2, 0.25) is 6.08 Å². The molecule has 0 bridgehead atoms. The first-order valence-electron chi connectivity index (χ1n) is 2.46. The fourth-order valence-electron chi connectivity index (χ4n) is 0.543. The molecule has 0 fully saturated rings. The third-order valence-corrected chi connectivity index (χ3v) is 1.83. The molecule has 0 spiro atoms. The summed E-state index contributed by atoms with van der Waals surface area (Å²) >= 11 is 1.57. The summed E-state index contributed by atoms with van der Waals surface area (Å²) in [6.45, 7) is 1.92. The minimum Gasteiger partial charge on any atom is -0.211 e. The van der Waals surface area contributed by atoms with E-state index in [1.54, 1.807) is 17.4 Å². The van der Waals surface area contributed by atoms with Gasteiger partial charge in [0.05, 0.1) is 5.69 Å². The average molecular weight is 139 g/mol. The molecule has 1 rings (SSSR count). The van der Waals surface area contributed by atoms with Crippen LogP contribution in [0.3, 0.4) is 0 Å². The molecule has 0 N–H and O–H groups in total. The molecular weight excluding hydrogens is 134 g/mol. The van der Waals surface area contributed by atoms with E-state index in [1.807, 2.05) is 12.3 Å². The van der Waals surface area contributed by atoms with Gasteiger partial charge in [-0.1, -0.05) is 0 Å². The highest BCUT2D eigenvalue weighted by molar-refractivity contribution is 7.10. The van der Waals surface area contributed by atoms with Gasteiger partial charge in [0, 0.05) is 4.88 Å². The zero-order valence-electron chi connectivity index (χ0n) is 4.92.